The van der Waals surface area contributed by atoms with Crippen molar-refractivity contribution in [1.29, 1.82) is 0 Å². The van der Waals surface area contributed by atoms with Crippen molar-refractivity contribution < 1.29 is 14.3 Å². The second-order valence-corrected chi connectivity index (χ2v) is 4.93. The Balaban J connectivity index is 2.08. The van der Waals surface area contributed by atoms with Gasteiger partial charge in [-0.05, 0) is 41.1 Å². The maximum Gasteiger partial charge on any atom is 0.376 e. The number of esters is 1. The first kappa shape index (κ1) is 13.2. The lowest BCUT2D eigenvalue weighted by atomic mass is 10.2. The Morgan fingerprint density at radius 2 is 2.22 bits per heavy atom. The van der Waals surface area contributed by atoms with Crippen LogP contribution in [-0.2, 0) is 9.53 Å². The van der Waals surface area contributed by atoms with Crippen molar-refractivity contribution in [2.24, 2.45) is 0 Å². The molecular formula is C13H14INO3. The fraction of sp³-hybridized carbons (Fsp3) is 0.308. The lowest BCUT2D eigenvalue weighted by molar-refractivity contribution is -0.141. The van der Waals surface area contributed by atoms with Gasteiger partial charge in [-0.15, -0.1) is 0 Å². The van der Waals surface area contributed by atoms with Gasteiger partial charge >= 0.3 is 5.97 Å². The molecule has 1 aromatic carbocycles. The molecule has 0 spiro atoms. The van der Waals surface area contributed by atoms with E-state index in [1.165, 1.54) is 0 Å². The molecule has 5 heteroatoms. The Bertz CT molecular complexity index is 485. The van der Waals surface area contributed by atoms with Crippen molar-refractivity contribution in [2.45, 2.75) is 19.8 Å². The van der Waals surface area contributed by atoms with E-state index in [1.54, 1.807) is 0 Å². The molecule has 0 atom stereocenters. The number of unbranched alkanes of at least 4 members (excludes halogenated alkanes) is 1. The third-order valence-corrected chi connectivity index (χ3v) is 3.22. The number of nitrogens with one attached hydrogen (secondary N) is 1. The number of hydrogen-bond acceptors (Lipinski definition) is 4. The summed E-state index contributed by atoms with van der Waals surface area (Å²) in [6.45, 7) is 2.47. The molecule has 4 nitrogen and oxygen atoms in total. The van der Waals surface area contributed by atoms with E-state index in [-0.39, 0.29) is 5.76 Å². The first-order chi connectivity index (χ1) is 8.72. The zero-order valence-corrected chi connectivity index (χ0v) is 12.2. The van der Waals surface area contributed by atoms with Crippen LogP contribution in [0.4, 0.5) is 5.69 Å². The standard InChI is InChI=1S/C13H14INO3/c1-2-3-8-17-13(16)11-12(14)15-9-6-4-5-7-10(9)18-11/h4-7,15H,2-3,8H2,1H3. The van der Waals surface area contributed by atoms with Gasteiger partial charge in [-0.25, -0.2) is 4.79 Å². The van der Waals surface area contributed by atoms with E-state index < -0.39 is 5.97 Å². The van der Waals surface area contributed by atoms with Gasteiger partial charge in [0.2, 0.25) is 5.76 Å². The van der Waals surface area contributed by atoms with Crippen molar-refractivity contribution in [3.63, 3.8) is 0 Å². The summed E-state index contributed by atoms with van der Waals surface area (Å²) < 4.78 is 11.4. The number of fused-ring (bicyclic) bond motifs is 1. The Labute approximate surface area is 119 Å². The lowest BCUT2D eigenvalue weighted by Crippen LogP contribution is -2.20. The Morgan fingerprint density at radius 1 is 1.44 bits per heavy atom. The topological polar surface area (TPSA) is 47.6 Å². The van der Waals surface area contributed by atoms with Crippen LogP contribution in [0.15, 0.2) is 33.7 Å². The summed E-state index contributed by atoms with van der Waals surface area (Å²) in [7, 11) is 0. The molecule has 0 aliphatic carbocycles. The van der Waals surface area contributed by atoms with Gasteiger partial charge in [0, 0.05) is 0 Å². The zero-order valence-electron chi connectivity index (χ0n) is 10.0. The quantitative estimate of drug-likeness (QED) is 0.387. The molecule has 2 rings (SSSR count). The summed E-state index contributed by atoms with van der Waals surface area (Å²) in [5, 5.41) is 3.12. The number of anilines is 1. The predicted octanol–water partition coefficient (Wildman–Crippen LogP) is 3.44. The van der Waals surface area contributed by atoms with Crippen LogP contribution in [-0.4, -0.2) is 12.6 Å². The number of ether oxygens (including phenoxy) is 2. The normalized spacial score (nSPS) is 13.4. The lowest BCUT2D eigenvalue weighted by Gasteiger charge is -2.20. The maximum absolute atomic E-state index is 11.8. The van der Waals surface area contributed by atoms with E-state index >= 15 is 0 Å². The summed E-state index contributed by atoms with van der Waals surface area (Å²) in [6.07, 6.45) is 1.85. The third-order valence-electron chi connectivity index (χ3n) is 2.46. The maximum atomic E-state index is 11.8. The molecule has 1 aromatic rings. The molecule has 0 radical (unpaired) electrons. The molecular weight excluding hydrogens is 345 g/mol. The fourth-order valence-corrected chi connectivity index (χ4v) is 2.12. The average Bonchev–Trinajstić information content (AvgIpc) is 2.38. The van der Waals surface area contributed by atoms with Gasteiger partial charge < -0.3 is 14.8 Å². The Hall–Kier alpha value is -1.24. The van der Waals surface area contributed by atoms with E-state index in [0.717, 1.165) is 18.5 Å². The number of halogens is 1. The minimum Gasteiger partial charge on any atom is -0.460 e. The van der Waals surface area contributed by atoms with E-state index in [1.807, 2.05) is 53.8 Å². The van der Waals surface area contributed by atoms with Crippen LogP contribution >= 0.6 is 22.6 Å². The van der Waals surface area contributed by atoms with E-state index in [2.05, 4.69) is 5.32 Å². The number of carbonyl (C=O) groups excluding carboxylic acids is 1. The molecule has 1 N–H and O–H groups in total. The molecule has 0 saturated carbocycles. The van der Waals surface area contributed by atoms with Crippen molar-refractivity contribution in [1.82, 2.24) is 0 Å². The number of para-hydroxylation sites is 2. The third kappa shape index (κ3) is 2.95. The smallest absolute Gasteiger partial charge is 0.376 e. The van der Waals surface area contributed by atoms with Gasteiger partial charge in [-0.2, -0.15) is 0 Å². The highest BCUT2D eigenvalue weighted by Crippen LogP contribution is 2.34. The molecule has 0 saturated heterocycles. The van der Waals surface area contributed by atoms with E-state index in [0.29, 0.717) is 16.1 Å². The second kappa shape index (κ2) is 6.08. The fourth-order valence-electron chi connectivity index (χ4n) is 1.49. The van der Waals surface area contributed by atoms with Gasteiger partial charge in [-0.1, -0.05) is 25.5 Å². The first-order valence-corrected chi connectivity index (χ1v) is 6.91. The van der Waals surface area contributed by atoms with Gasteiger partial charge in [0.05, 0.1) is 12.3 Å². The minimum atomic E-state index is -0.421. The summed E-state index contributed by atoms with van der Waals surface area (Å²) in [4.78, 5) is 11.8. The molecule has 1 heterocycles. The molecule has 96 valence electrons. The SMILES string of the molecule is CCCCOC(=O)C1=C(I)Nc2ccccc2O1. The average molecular weight is 359 g/mol. The van der Waals surface area contributed by atoms with Crippen LogP contribution in [0.1, 0.15) is 19.8 Å². The van der Waals surface area contributed by atoms with Crippen LogP contribution in [0.2, 0.25) is 0 Å². The molecule has 0 amide bonds. The largest absolute Gasteiger partial charge is 0.460 e. The highest BCUT2D eigenvalue weighted by Gasteiger charge is 2.24. The number of rotatable bonds is 4. The predicted molar refractivity (Wildman–Crippen MR) is 77.6 cm³/mol. The van der Waals surface area contributed by atoms with Crippen molar-refractivity contribution in [3.8, 4) is 5.75 Å². The Morgan fingerprint density at radius 3 is 3.00 bits per heavy atom. The van der Waals surface area contributed by atoms with Gasteiger partial charge in [0.25, 0.3) is 0 Å². The van der Waals surface area contributed by atoms with Crippen LogP contribution in [0.5, 0.6) is 5.75 Å². The van der Waals surface area contributed by atoms with Crippen molar-refractivity contribution >= 4 is 34.2 Å². The molecule has 0 fully saturated rings. The molecule has 1 aliphatic heterocycles. The molecule has 1 aliphatic rings. The zero-order chi connectivity index (χ0) is 13.0. The van der Waals surface area contributed by atoms with Gasteiger partial charge in [0.15, 0.2) is 5.75 Å². The first-order valence-electron chi connectivity index (χ1n) is 5.83. The van der Waals surface area contributed by atoms with Crippen LogP contribution < -0.4 is 10.1 Å². The molecule has 0 aromatic heterocycles. The monoisotopic (exact) mass is 359 g/mol. The summed E-state index contributed by atoms with van der Waals surface area (Å²) in [5.74, 6) is 0.445. The van der Waals surface area contributed by atoms with Gasteiger partial charge in [-0.3, -0.25) is 0 Å². The molecule has 0 bridgehead atoms. The van der Waals surface area contributed by atoms with Gasteiger partial charge in [0.1, 0.15) is 3.70 Å². The summed E-state index contributed by atoms with van der Waals surface area (Å²) >= 11 is 2.03. The highest BCUT2D eigenvalue weighted by molar-refractivity contribution is 14.1. The summed E-state index contributed by atoms with van der Waals surface area (Å²) in [5.41, 5.74) is 0.854. The number of hydrogen-bond donors (Lipinski definition) is 1. The van der Waals surface area contributed by atoms with Crippen molar-refractivity contribution in [3.05, 3.63) is 33.7 Å². The Kier molecular flexibility index (Phi) is 4.46. The number of carbonyl (C=O) groups is 1. The second-order valence-electron chi connectivity index (χ2n) is 3.86. The van der Waals surface area contributed by atoms with E-state index in [9.17, 15) is 4.79 Å². The van der Waals surface area contributed by atoms with Crippen molar-refractivity contribution in [2.75, 3.05) is 11.9 Å². The molecule has 18 heavy (non-hydrogen) atoms. The van der Waals surface area contributed by atoms with Crippen LogP contribution in [0.3, 0.4) is 0 Å². The minimum absolute atomic E-state index is 0.227. The highest BCUT2D eigenvalue weighted by atomic mass is 127. The summed E-state index contributed by atoms with van der Waals surface area (Å²) in [6, 6.07) is 7.47. The van der Waals surface area contributed by atoms with Crippen LogP contribution in [0, 0.1) is 0 Å². The van der Waals surface area contributed by atoms with Crippen LogP contribution in [0.25, 0.3) is 0 Å². The van der Waals surface area contributed by atoms with E-state index in [4.69, 9.17) is 9.47 Å². The number of benzene rings is 1. The molecule has 0 unspecified atom stereocenters.